The molecule has 0 unspecified atom stereocenters. The first-order valence-electron chi connectivity index (χ1n) is 9.08. The van der Waals surface area contributed by atoms with Crippen molar-refractivity contribution in [1.29, 1.82) is 0 Å². The molecule has 2 aromatic heterocycles. The second-order valence-corrected chi connectivity index (χ2v) is 6.10. The summed E-state index contributed by atoms with van der Waals surface area (Å²) in [6.07, 6.45) is 1.54. The van der Waals surface area contributed by atoms with Gasteiger partial charge in [0.15, 0.2) is 17.3 Å². The third-order valence-electron chi connectivity index (χ3n) is 3.96. The Morgan fingerprint density at radius 3 is 2.44 bits per heavy atom. The number of hydrogen-bond donors (Lipinski definition) is 1. The number of nitrogens with zero attached hydrogens (tertiary/aromatic N) is 4. The molecule has 0 aliphatic heterocycles. The molecule has 7 heteroatoms. The normalized spacial score (nSPS) is 10.7. The molecular formula is C20H25N5O2. The largest absolute Gasteiger partial charge is 0.490 e. The number of hydrogen-bond acceptors (Lipinski definition) is 6. The summed E-state index contributed by atoms with van der Waals surface area (Å²) in [7, 11) is 0. The van der Waals surface area contributed by atoms with E-state index in [4.69, 9.17) is 9.47 Å². The van der Waals surface area contributed by atoms with E-state index in [0.717, 1.165) is 40.1 Å². The Balaban J connectivity index is 1.74. The lowest BCUT2D eigenvalue weighted by Gasteiger charge is -2.13. The van der Waals surface area contributed by atoms with Crippen LogP contribution in [0.4, 0.5) is 5.82 Å². The van der Waals surface area contributed by atoms with Crippen LogP contribution in [0.15, 0.2) is 36.7 Å². The van der Waals surface area contributed by atoms with Gasteiger partial charge in [-0.15, -0.1) is 0 Å². The minimum atomic E-state index is 0.592. The molecule has 7 nitrogen and oxygen atoms in total. The number of rotatable bonds is 8. The molecule has 3 rings (SSSR count). The highest BCUT2D eigenvalue weighted by molar-refractivity contribution is 5.46. The van der Waals surface area contributed by atoms with Crippen LogP contribution in [0.25, 0.3) is 5.82 Å². The molecule has 0 amide bonds. The van der Waals surface area contributed by atoms with E-state index >= 15 is 0 Å². The van der Waals surface area contributed by atoms with Crippen molar-refractivity contribution in [3.63, 3.8) is 0 Å². The van der Waals surface area contributed by atoms with E-state index in [1.165, 1.54) is 6.33 Å². The molecule has 0 aliphatic rings. The standard InChI is InChI=1S/C20H25N5O2/c1-5-26-17-8-7-16(10-18(17)27-6-2)12-21-19-11-20(23-13-22-19)25-15(4)9-14(3)24-25/h7-11,13H,5-6,12H2,1-4H3,(H,21,22,23). The zero-order valence-corrected chi connectivity index (χ0v) is 16.2. The van der Waals surface area contributed by atoms with Gasteiger partial charge in [-0.1, -0.05) is 6.07 Å². The molecule has 0 atom stereocenters. The number of aromatic nitrogens is 4. The summed E-state index contributed by atoms with van der Waals surface area (Å²) in [5, 5.41) is 7.80. The fourth-order valence-corrected chi connectivity index (χ4v) is 2.82. The van der Waals surface area contributed by atoms with Gasteiger partial charge < -0.3 is 14.8 Å². The summed E-state index contributed by atoms with van der Waals surface area (Å²) in [4.78, 5) is 8.63. The molecule has 3 aromatic rings. The molecular weight excluding hydrogens is 342 g/mol. The van der Waals surface area contributed by atoms with Crippen LogP contribution in [0.3, 0.4) is 0 Å². The Labute approximate surface area is 159 Å². The minimum absolute atomic E-state index is 0.592. The Bertz CT molecular complexity index is 907. The van der Waals surface area contributed by atoms with E-state index in [1.807, 2.05) is 62.7 Å². The second-order valence-electron chi connectivity index (χ2n) is 6.10. The maximum atomic E-state index is 5.68. The summed E-state index contributed by atoms with van der Waals surface area (Å²) < 4.78 is 13.1. The molecule has 0 bridgehead atoms. The van der Waals surface area contributed by atoms with Gasteiger partial charge in [-0.05, 0) is 51.5 Å². The van der Waals surface area contributed by atoms with E-state index in [-0.39, 0.29) is 0 Å². The van der Waals surface area contributed by atoms with Crippen molar-refractivity contribution in [2.24, 2.45) is 0 Å². The smallest absolute Gasteiger partial charge is 0.161 e. The Kier molecular flexibility index (Phi) is 5.90. The van der Waals surface area contributed by atoms with Gasteiger partial charge in [0.1, 0.15) is 12.1 Å². The Morgan fingerprint density at radius 2 is 1.74 bits per heavy atom. The van der Waals surface area contributed by atoms with E-state index in [1.54, 1.807) is 0 Å². The number of nitrogens with one attached hydrogen (secondary N) is 1. The van der Waals surface area contributed by atoms with Crippen molar-refractivity contribution >= 4 is 5.82 Å². The van der Waals surface area contributed by atoms with Gasteiger partial charge in [0.05, 0.1) is 18.9 Å². The SMILES string of the molecule is CCOc1ccc(CNc2cc(-n3nc(C)cc3C)ncn2)cc1OCC. The average molecular weight is 367 g/mol. The van der Waals surface area contributed by atoms with Crippen molar-refractivity contribution in [3.05, 3.63) is 53.6 Å². The number of ether oxygens (including phenoxy) is 2. The molecule has 1 aromatic carbocycles. The Morgan fingerprint density at radius 1 is 0.963 bits per heavy atom. The van der Waals surface area contributed by atoms with Gasteiger partial charge in [0.2, 0.25) is 0 Å². The van der Waals surface area contributed by atoms with Crippen molar-refractivity contribution in [2.75, 3.05) is 18.5 Å². The van der Waals surface area contributed by atoms with E-state index in [9.17, 15) is 0 Å². The molecule has 0 fully saturated rings. The molecule has 142 valence electrons. The minimum Gasteiger partial charge on any atom is -0.490 e. The fraction of sp³-hybridized carbons (Fsp3) is 0.350. The van der Waals surface area contributed by atoms with Gasteiger partial charge in [-0.25, -0.2) is 14.6 Å². The van der Waals surface area contributed by atoms with Crippen LogP contribution in [-0.2, 0) is 6.54 Å². The zero-order chi connectivity index (χ0) is 19.2. The molecule has 2 heterocycles. The van der Waals surface area contributed by atoms with E-state index < -0.39 is 0 Å². The zero-order valence-electron chi connectivity index (χ0n) is 16.2. The second kappa shape index (κ2) is 8.53. The highest BCUT2D eigenvalue weighted by Crippen LogP contribution is 2.28. The maximum absolute atomic E-state index is 5.68. The third-order valence-corrected chi connectivity index (χ3v) is 3.96. The van der Waals surface area contributed by atoms with Crippen LogP contribution >= 0.6 is 0 Å². The summed E-state index contributed by atoms with van der Waals surface area (Å²) in [6, 6.07) is 9.85. The summed E-state index contributed by atoms with van der Waals surface area (Å²) in [6.45, 7) is 9.70. The highest BCUT2D eigenvalue weighted by Gasteiger charge is 2.08. The lowest BCUT2D eigenvalue weighted by molar-refractivity contribution is 0.287. The summed E-state index contributed by atoms with van der Waals surface area (Å²) >= 11 is 0. The first-order valence-corrected chi connectivity index (χ1v) is 9.08. The fourth-order valence-electron chi connectivity index (χ4n) is 2.82. The van der Waals surface area contributed by atoms with Crippen LogP contribution in [0.5, 0.6) is 11.5 Å². The molecule has 27 heavy (non-hydrogen) atoms. The lowest BCUT2D eigenvalue weighted by atomic mass is 10.2. The van der Waals surface area contributed by atoms with Crippen molar-refractivity contribution in [1.82, 2.24) is 19.7 Å². The van der Waals surface area contributed by atoms with Crippen LogP contribution in [0.1, 0.15) is 30.8 Å². The van der Waals surface area contributed by atoms with Crippen LogP contribution < -0.4 is 14.8 Å². The molecule has 1 N–H and O–H groups in total. The molecule has 0 aliphatic carbocycles. The predicted octanol–water partition coefficient (Wildman–Crippen LogP) is 3.69. The first-order chi connectivity index (χ1) is 13.1. The van der Waals surface area contributed by atoms with Gasteiger partial charge in [-0.2, -0.15) is 5.10 Å². The van der Waals surface area contributed by atoms with E-state index in [0.29, 0.717) is 19.8 Å². The molecule has 0 spiro atoms. The monoisotopic (exact) mass is 367 g/mol. The van der Waals surface area contributed by atoms with Gasteiger partial charge in [0, 0.05) is 18.3 Å². The quantitative estimate of drug-likeness (QED) is 0.654. The summed E-state index contributed by atoms with van der Waals surface area (Å²) in [5.41, 5.74) is 3.07. The number of anilines is 1. The predicted molar refractivity (Wildman–Crippen MR) is 105 cm³/mol. The molecule has 0 saturated carbocycles. The van der Waals surface area contributed by atoms with Crippen LogP contribution in [0, 0.1) is 13.8 Å². The highest BCUT2D eigenvalue weighted by atomic mass is 16.5. The number of benzene rings is 1. The van der Waals surface area contributed by atoms with Gasteiger partial charge >= 0.3 is 0 Å². The topological polar surface area (TPSA) is 74.1 Å². The van der Waals surface area contributed by atoms with Crippen LogP contribution in [-0.4, -0.2) is 33.0 Å². The first kappa shape index (κ1) is 18.7. The molecule has 0 saturated heterocycles. The lowest BCUT2D eigenvalue weighted by Crippen LogP contribution is -2.07. The van der Waals surface area contributed by atoms with Crippen molar-refractivity contribution < 1.29 is 9.47 Å². The van der Waals surface area contributed by atoms with E-state index in [2.05, 4.69) is 20.4 Å². The van der Waals surface area contributed by atoms with Crippen LogP contribution in [0.2, 0.25) is 0 Å². The summed E-state index contributed by atoms with van der Waals surface area (Å²) in [5.74, 6) is 2.99. The van der Waals surface area contributed by atoms with Gasteiger partial charge in [-0.3, -0.25) is 0 Å². The number of aryl methyl sites for hydroxylation is 2. The maximum Gasteiger partial charge on any atom is 0.161 e. The van der Waals surface area contributed by atoms with Crippen molar-refractivity contribution in [2.45, 2.75) is 34.2 Å². The Hall–Kier alpha value is -3.09. The van der Waals surface area contributed by atoms with Crippen molar-refractivity contribution in [3.8, 4) is 17.3 Å². The van der Waals surface area contributed by atoms with Gasteiger partial charge in [0.25, 0.3) is 0 Å². The average Bonchev–Trinajstić information content (AvgIpc) is 3.01. The molecule has 0 radical (unpaired) electrons. The third kappa shape index (κ3) is 4.55.